The smallest absolute Gasteiger partial charge is 0.337 e. The van der Waals surface area contributed by atoms with Gasteiger partial charge in [0.2, 0.25) is 0 Å². The van der Waals surface area contributed by atoms with Crippen molar-refractivity contribution < 1.29 is 24.5 Å². The number of carbonyl (C=O) groups excluding carboxylic acids is 1. The fourth-order valence-electron chi connectivity index (χ4n) is 2.79. The van der Waals surface area contributed by atoms with Gasteiger partial charge in [-0.3, -0.25) is 4.79 Å². The van der Waals surface area contributed by atoms with E-state index in [1.807, 2.05) is 37.3 Å². The molecular formula is C22H20N2O5. The van der Waals surface area contributed by atoms with Crippen LogP contribution in [0.25, 0.3) is 0 Å². The Morgan fingerprint density at radius 3 is 2.48 bits per heavy atom. The Morgan fingerprint density at radius 1 is 1.07 bits per heavy atom. The van der Waals surface area contributed by atoms with E-state index in [1.54, 1.807) is 0 Å². The van der Waals surface area contributed by atoms with E-state index in [1.165, 1.54) is 30.3 Å². The zero-order valence-corrected chi connectivity index (χ0v) is 15.7. The minimum Gasteiger partial charge on any atom is -0.508 e. The van der Waals surface area contributed by atoms with Crippen LogP contribution in [0, 0.1) is 0 Å². The van der Waals surface area contributed by atoms with Crippen molar-refractivity contribution in [3.05, 3.63) is 83.6 Å². The van der Waals surface area contributed by atoms with Gasteiger partial charge in [0.1, 0.15) is 17.3 Å². The number of nitrogens with one attached hydrogen (secondary N) is 1. The molecule has 2 aromatic carbocycles. The average molecular weight is 392 g/mol. The second-order valence-corrected chi connectivity index (χ2v) is 6.53. The molecule has 0 radical (unpaired) electrons. The molecule has 3 aromatic rings. The topological polar surface area (TPSA) is 109 Å². The highest BCUT2D eigenvalue weighted by molar-refractivity contribution is 6.04. The Balaban J connectivity index is 1.69. The van der Waals surface area contributed by atoms with Crippen molar-refractivity contribution in [2.75, 3.05) is 5.32 Å². The second-order valence-electron chi connectivity index (χ2n) is 6.53. The lowest BCUT2D eigenvalue weighted by Gasteiger charge is -2.16. The standard InChI is InChI=1S/C22H20N2O5/c1-14(9-15-5-3-2-4-6-15)29-19-11-17(10-18(25)12-19)21(26)24-20-8-7-16(13-23-20)22(27)28/h2-8,10-14,25H,9H2,1H3,(H,27,28)(H,23,24,26)/t14-/m0/s1. The first-order valence-corrected chi connectivity index (χ1v) is 8.96. The lowest BCUT2D eigenvalue weighted by atomic mass is 10.1. The number of rotatable bonds is 7. The van der Waals surface area contributed by atoms with E-state index in [9.17, 15) is 14.7 Å². The first-order chi connectivity index (χ1) is 13.9. The number of benzene rings is 2. The Hall–Kier alpha value is -3.87. The minimum absolute atomic E-state index is 0.0171. The zero-order chi connectivity index (χ0) is 20.8. The summed E-state index contributed by atoms with van der Waals surface area (Å²) in [5, 5.41) is 21.4. The van der Waals surface area contributed by atoms with Gasteiger partial charge < -0.3 is 20.3 Å². The Labute approximate surface area is 167 Å². The van der Waals surface area contributed by atoms with Crippen LogP contribution in [-0.4, -0.2) is 33.2 Å². The van der Waals surface area contributed by atoms with Gasteiger partial charge in [-0.25, -0.2) is 9.78 Å². The van der Waals surface area contributed by atoms with E-state index in [0.717, 1.165) is 11.8 Å². The summed E-state index contributed by atoms with van der Waals surface area (Å²) in [6.07, 6.45) is 1.67. The molecule has 7 heteroatoms. The van der Waals surface area contributed by atoms with Crippen molar-refractivity contribution in [2.45, 2.75) is 19.4 Å². The number of ether oxygens (including phenoxy) is 1. The highest BCUT2D eigenvalue weighted by atomic mass is 16.5. The van der Waals surface area contributed by atoms with Gasteiger partial charge in [-0.15, -0.1) is 0 Å². The van der Waals surface area contributed by atoms with E-state index < -0.39 is 11.9 Å². The number of aromatic nitrogens is 1. The molecule has 1 heterocycles. The number of amides is 1. The molecule has 3 rings (SSSR count). The molecule has 3 N–H and O–H groups in total. The molecule has 0 aliphatic rings. The minimum atomic E-state index is -1.10. The van der Waals surface area contributed by atoms with E-state index in [-0.39, 0.29) is 28.8 Å². The van der Waals surface area contributed by atoms with Gasteiger partial charge in [-0.05, 0) is 36.8 Å². The SMILES string of the molecule is C[C@@H](Cc1ccccc1)Oc1cc(O)cc(C(=O)Nc2ccc(C(=O)O)cn2)c1. The zero-order valence-electron chi connectivity index (χ0n) is 15.7. The summed E-state index contributed by atoms with van der Waals surface area (Å²) in [5.74, 6) is -1.14. The summed E-state index contributed by atoms with van der Waals surface area (Å²) >= 11 is 0. The van der Waals surface area contributed by atoms with Gasteiger partial charge in [-0.1, -0.05) is 30.3 Å². The van der Waals surface area contributed by atoms with Crippen LogP contribution in [0.2, 0.25) is 0 Å². The van der Waals surface area contributed by atoms with Gasteiger partial charge in [0.15, 0.2) is 0 Å². The fraction of sp³-hybridized carbons (Fsp3) is 0.136. The predicted molar refractivity (Wildman–Crippen MR) is 107 cm³/mol. The van der Waals surface area contributed by atoms with Crippen molar-refractivity contribution in [2.24, 2.45) is 0 Å². The largest absolute Gasteiger partial charge is 0.508 e. The number of phenolic OH excluding ortho intramolecular Hbond substituents is 1. The van der Waals surface area contributed by atoms with Crippen LogP contribution in [0.1, 0.15) is 33.2 Å². The Morgan fingerprint density at radius 2 is 1.83 bits per heavy atom. The predicted octanol–water partition coefficient (Wildman–Crippen LogP) is 3.75. The maximum Gasteiger partial charge on any atom is 0.337 e. The van der Waals surface area contributed by atoms with Gasteiger partial charge in [0, 0.05) is 24.2 Å². The maximum absolute atomic E-state index is 12.5. The lowest BCUT2D eigenvalue weighted by molar-refractivity contribution is 0.0696. The van der Waals surface area contributed by atoms with Gasteiger partial charge >= 0.3 is 5.97 Å². The Kier molecular flexibility index (Phi) is 6.09. The van der Waals surface area contributed by atoms with Gasteiger partial charge in [-0.2, -0.15) is 0 Å². The highest BCUT2D eigenvalue weighted by Crippen LogP contribution is 2.24. The number of pyridine rings is 1. The van der Waals surface area contributed by atoms with Crippen LogP contribution in [-0.2, 0) is 6.42 Å². The molecular weight excluding hydrogens is 372 g/mol. The molecule has 1 aromatic heterocycles. The molecule has 148 valence electrons. The van der Waals surface area contributed by atoms with Crippen LogP contribution >= 0.6 is 0 Å². The molecule has 29 heavy (non-hydrogen) atoms. The monoisotopic (exact) mass is 392 g/mol. The van der Waals surface area contributed by atoms with Crippen molar-refractivity contribution in [1.82, 2.24) is 4.98 Å². The van der Waals surface area contributed by atoms with E-state index in [4.69, 9.17) is 9.84 Å². The summed E-state index contributed by atoms with van der Waals surface area (Å²) in [6, 6.07) is 16.9. The number of carbonyl (C=O) groups is 2. The summed E-state index contributed by atoms with van der Waals surface area (Å²) in [5.41, 5.74) is 1.33. The number of aromatic hydroxyl groups is 1. The molecule has 1 amide bonds. The van der Waals surface area contributed by atoms with E-state index in [2.05, 4.69) is 10.3 Å². The number of anilines is 1. The molecule has 0 aliphatic carbocycles. The fourth-order valence-corrected chi connectivity index (χ4v) is 2.79. The summed E-state index contributed by atoms with van der Waals surface area (Å²) in [4.78, 5) is 27.2. The van der Waals surface area contributed by atoms with Crippen LogP contribution in [0.3, 0.4) is 0 Å². The third-order valence-electron chi connectivity index (χ3n) is 4.11. The molecule has 0 fully saturated rings. The number of carboxylic acid groups (broad SMARTS) is 1. The Bertz CT molecular complexity index is 1000. The van der Waals surface area contributed by atoms with E-state index in [0.29, 0.717) is 12.2 Å². The number of phenols is 1. The number of nitrogens with zero attached hydrogens (tertiary/aromatic N) is 1. The number of hydrogen-bond donors (Lipinski definition) is 3. The summed E-state index contributed by atoms with van der Waals surface area (Å²) in [6.45, 7) is 1.91. The third kappa shape index (κ3) is 5.55. The summed E-state index contributed by atoms with van der Waals surface area (Å²) < 4.78 is 5.86. The van der Waals surface area contributed by atoms with Crippen LogP contribution < -0.4 is 10.1 Å². The molecule has 1 atom stereocenters. The second kappa shape index (κ2) is 8.88. The molecule has 0 bridgehead atoms. The van der Waals surface area contributed by atoms with Gasteiger partial charge in [0.25, 0.3) is 5.91 Å². The molecule has 0 saturated heterocycles. The van der Waals surface area contributed by atoms with Crippen molar-refractivity contribution in [1.29, 1.82) is 0 Å². The van der Waals surface area contributed by atoms with Crippen LogP contribution in [0.4, 0.5) is 5.82 Å². The highest BCUT2D eigenvalue weighted by Gasteiger charge is 2.13. The maximum atomic E-state index is 12.5. The van der Waals surface area contributed by atoms with Crippen molar-refractivity contribution in [3.8, 4) is 11.5 Å². The van der Waals surface area contributed by atoms with Crippen molar-refractivity contribution >= 4 is 17.7 Å². The van der Waals surface area contributed by atoms with Crippen LogP contribution in [0.15, 0.2) is 66.9 Å². The quantitative estimate of drug-likeness (QED) is 0.565. The van der Waals surface area contributed by atoms with Crippen molar-refractivity contribution in [3.63, 3.8) is 0 Å². The molecule has 0 saturated carbocycles. The number of aromatic carboxylic acids is 1. The molecule has 0 aliphatic heterocycles. The van der Waals surface area contributed by atoms with Gasteiger partial charge in [0.05, 0.1) is 11.7 Å². The number of carboxylic acids is 1. The van der Waals surface area contributed by atoms with Crippen LogP contribution in [0.5, 0.6) is 11.5 Å². The normalized spacial score (nSPS) is 11.5. The molecule has 0 unspecified atom stereocenters. The molecule has 7 nitrogen and oxygen atoms in total. The summed E-state index contributed by atoms with van der Waals surface area (Å²) in [7, 11) is 0. The third-order valence-corrected chi connectivity index (χ3v) is 4.11. The average Bonchev–Trinajstić information content (AvgIpc) is 2.68. The first-order valence-electron chi connectivity index (χ1n) is 8.96. The first kappa shape index (κ1) is 19.9. The number of hydrogen-bond acceptors (Lipinski definition) is 5. The van der Waals surface area contributed by atoms with E-state index >= 15 is 0 Å². The molecule has 0 spiro atoms. The lowest BCUT2D eigenvalue weighted by Crippen LogP contribution is -2.16.